The summed E-state index contributed by atoms with van der Waals surface area (Å²) in [5, 5.41) is 8.21. The zero-order valence-electron chi connectivity index (χ0n) is 5.19. The van der Waals surface area contributed by atoms with Crippen LogP contribution in [0.5, 0.6) is 0 Å². The summed E-state index contributed by atoms with van der Waals surface area (Å²) in [5.74, 6) is -0.407. The van der Waals surface area contributed by atoms with Gasteiger partial charge < -0.3 is 0 Å². The summed E-state index contributed by atoms with van der Waals surface area (Å²) in [7, 11) is 0. The van der Waals surface area contributed by atoms with Crippen LogP contribution in [0.2, 0.25) is 0 Å². The first-order valence-corrected chi connectivity index (χ1v) is 2.76. The van der Waals surface area contributed by atoms with Crippen LogP contribution < -0.4 is 0 Å². The molecule has 0 aliphatic rings. The van der Waals surface area contributed by atoms with Crippen molar-refractivity contribution in [3.05, 3.63) is 0 Å². The summed E-state index contributed by atoms with van der Waals surface area (Å²) in [6, 6.07) is 1.88. The lowest BCUT2D eigenvalue weighted by Crippen LogP contribution is -2.07. The lowest BCUT2D eigenvalue weighted by Gasteiger charge is -2.03. The van der Waals surface area contributed by atoms with Gasteiger partial charge in [0, 0.05) is 0 Å². The van der Waals surface area contributed by atoms with Crippen LogP contribution in [0.3, 0.4) is 0 Å². The van der Waals surface area contributed by atoms with Crippen molar-refractivity contribution in [3.63, 3.8) is 0 Å². The van der Waals surface area contributed by atoms with Crippen molar-refractivity contribution in [1.82, 2.24) is 0 Å². The molecule has 0 N–H and O–H groups in total. The molecule has 2 atom stereocenters. The van der Waals surface area contributed by atoms with Gasteiger partial charge in [0.1, 0.15) is 6.17 Å². The Morgan fingerprint density at radius 3 is 2.25 bits per heavy atom. The third-order valence-corrected chi connectivity index (χ3v) is 1.16. The van der Waals surface area contributed by atoms with Crippen LogP contribution >= 0.6 is 0 Å². The Bertz CT molecular complexity index is 93.2. The normalized spacial score (nSPS) is 16.8. The molecule has 0 aromatic carbocycles. The first-order valence-electron chi connectivity index (χ1n) is 2.76. The molecule has 0 heterocycles. The second kappa shape index (κ2) is 3.43. The number of hydrogen-bond donors (Lipinski definition) is 0. The monoisotopic (exact) mass is 115 g/mol. The highest BCUT2D eigenvalue weighted by atomic mass is 19.1. The average molecular weight is 115 g/mol. The van der Waals surface area contributed by atoms with Crippen molar-refractivity contribution in [1.29, 1.82) is 5.26 Å². The second-order valence-electron chi connectivity index (χ2n) is 1.82. The standard InChI is InChI=1S/C6H10FN/c1-3-6(4-8)5(2)7/h5-6H,3H2,1-2H3. The summed E-state index contributed by atoms with van der Waals surface area (Å²) in [6.45, 7) is 3.22. The van der Waals surface area contributed by atoms with Crippen LogP contribution in [0.1, 0.15) is 20.3 Å². The highest BCUT2D eigenvalue weighted by Gasteiger charge is 2.11. The van der Waals surface area contributed by atoms with Gasteiger partial charge in [-0.2, -0.15) is 5.26 Å². The molecular formula is C6H10FN. The maximum atomic E-state index is 12.1. The van der Waals surface area contributed by atoms with E-state index in [1.807, 2.05) is 13.0 Å². The number of hydrogen-bond acceptors (Lipinski definition) is 1. The highest BCUT2D eigenvalue weighted by Crippen LogP contribution is 2.08. The number of nitrogens with zero attached hydrogens (tertiary/aromatic N) is 1. The molecule has 0 radical (unpaired) electrons. The van der Waals surface area contributed by atoms with Gasteiger partial charge in [-0.15, -0.1) is 0 Å². The maximum absolute atomic E-state index is 12.1. The molecule has 0 amide bonds. The topological polar surface area (TPSA) is 23.8 Å². The van der Waals surface area contributed by atoms with E-state index in [4.69, 9.17) is 5.26 Å². The lowest BCUT2D eigenvalue weighted by molar-refractivity contribution is 0.287. The minimum absolute atomic E-state index is 0.407. The highest BCUT2D eigenvalue weighted by molar-refractivity contribution is 4.85. The Labute approximate surface area is 49.1 Å². The Balaban J connectivity index is 3.57. The first-order chi connectivity index (χ1) is 3.72. The van der Waals surface area contributed by atoms with E-state index in [1.54, 1.807) is 0 Å². The van der Waals surface area contributed by atoms with Gasteiger partial charge in [-0.1, -0.05) is 6.92 Å². The number of alkyl halides is 1. The number of rotatable bonds is 2. The third-order valence-electron chi connectivity index (χ3n) is 1.16. The molecule has 0 aromatic heterocycles. The molecule has 2 heteroatoms. The molecule has 0 bridgehead atoms. The molecule has 0 rings (SSSR count). The molecule has 0 spiro atoms. The molecule has 0 aliphatic heterocycles. The molecule has 0 saturated carbocycles. The number of halogens is 1. The van der Waals surface area contributed by atoms with E-state index in [2.05, 4.69) is 0 Å². The third kappa shape index (κ3) is 1.92. The average Bonchev–Trinajstić information content (AvgIpc) is 1.69. The summed E-state index contributed by atoms with van der Waals surface area (Å²) >= 11 is 0. The van der Waals surface area contributed by atoms with Gasteiger partial charge in [0.25, 0.3) is 0 Å². The van der Waals surface area contributed by atoms with E-state index in [-0.39, 0.29) is 0 Å². The zero-order chi connectivity index (χ0) is 6.57. The predicted octanol–water partition coefficient (Wildman–Crippen LogP) is 1.89. The Hall–Kier alpha value is -0.580. The predicted molar refractivity (Wildman–Crippen MR) is 30.0 cm³/mol. The molecule has 0 aliphatic carbocycles. The fraction of sp³-hybridized carbons (Fsp3) is 0.833. The van der Waals surface area contributed by atoms with E-state index in [1.165, 1.54) is 6.92 Å². The summed E-state index contributed by atoms with van der Waals surface area (Å²) in [5.41, 5.74) is 0. The Morgan fingerprint density at radius 1 is 1.75 bits per heavy atom. The van der Waals surface area contributed by atoms with E-state index < -0.39 is 12.1 Å². The van der Waals surface area contributed by atoms with Gasteiger partial charge in [0.15, 0.2) is 0 Å². The van der Waals surface area contributed by atoms with Crippen LogP contribution in [0.25, 0.3) is 0 Å². The molecular weight excluding hydrogens is 105 g/mol. The molecule has 46 valence electrons. The smallest absolute Gasteiger partial charge is 0.113 e. The van der Waals surface area contributed by atoms with Crippen LogP contribution in [0.15, 0.2) is 0 Å². The van der Waals surface area contributed by atoms with Gasteiger partial charge in [0.05, 0.1) is 12.0 Å². The van der Waals surface area contributed by atoms with Gasteiger partial charge in [0.2, 0.25) is 0 Å². The van der Waals surface area contributed by atoms with Crippen LogP contribution in [0, 0.1) is 17.2 Å². The molecule has 1 nitrogen and oxygen atoms in total. The summed E-state index contributed by atoms with van der Waals surface area (Å²) < 4.78 is 12.1. The molecule has 2 unspecified atom stereocenters. The molecule has 8 heavy (non-hydrogen) atoms. The SMILES string of the molecule is CCC(C#N)C(C)F. The number of nitriles is 1. The van der Waals surface area contributed by atoms with Crippen molar-refractivity contribution in [3.8, 4) is 6.07 Å². The van der Waals surface area contributed by atoms with E-state index >= 15 is 0 Å². The summed E-state index contributed by atoms with van der Waals surface area (Å²) in [4.78, 5) is 0. The zero-order valence-corrected chi connectivity index (χ0v) is 5.19. The van der Waals surface area contributed by atoms with Gasteiger partial charge >= 0.3 is 0 Å². The van der Waals surface area contributed by atoms with E-state index in [9.17, 15) is 4.39 Å². The van der Waals surface area contributed by atoms with Gasteiger partial charge in [-0.3, -0.25) is 0 Å². The van der Waals surface area contributed by atoms with Crippen LogP contribution in [0.4, 0.5) is 4.39 Å². The molecule has 0 aromatic rings. The van der Waals surface area contributed by atoms with Crippen molar-refractivity contribution < 1.29 is 4.39 Å². The minimum atomic E-state index is -0.981. The van der Waals surface area contributed by atoms with E-state index in [0.29, 0.717) is 6.42 Å². The molecule has 0 fully saturated rings. The van der Waals surface area contributed by atoms with Crippen LogP contribution in [-0.4, -0.2) is 6.17 Å². The maximum Gasteiger partial charge on any atom is 0.113 e. The fourth-order valence-electron chi connectivity index (χ4n) is 0.519. The lowest BCUT2D eigenvalue weighted by atomic mass is 10.0. The largest absolute Gasteiger partial charge is 0.246 e. The van der Waals surface area contributed by atoms with Crippen molar-refractivity contribution in [2.75, 3.05) is 0 Å². The van der Waals surface area contributed by atoms with Crippen molar-refractivity contribution in [2.45, 2.75) is 26.4 Å². The quantitative estimate of drug-likeness (QED) is 0.539. The Kier molecular flexibility index (Phi) is 3.18. The van der Waals surface area contributed by atoms with Gasteiger partial charge in [-0.25, -0.2) is 4.39 Å². The van der Waals surface area contributed by atoms with Crippen molar-refractivity contribution >= 4 is 0 Å². The fourth-order valence-corrected chi connectivity index (χ4v) is 0.519. The van der Waals surface area contributed by atoms with Crippen LogP contribution in [-0.2, 0) is 0 Å². The Morgan fingerprint density at radius 2 is 2.25 bits per heavy atom. The first kappa shape index (κ1) is 7.42. The second-order valence-corrected chi connectivity index (χ2v) is 1.82. The molecule has 0 saturated heterocycles. The summed E-state index contributed by atoms with van der Waals surface area (Å²) in [6.07, 6.45) is -0.376. The van der Waals surface area contributed by atoms with Gasteiger partial charge in [-0.05, 0) is 13.3 Å². The minimum Gasteiger partial charge on any atom is -0.246 e. The van der Waals surface area contributed by atoms with Crippen molar-refractivity contribution in [2.24, 2.45) is 5.92 Å². The van der Waals surface area contributed by atoms with E-state index in [0.717, 1.165) is 0 Å².